The van der Waals surface area contributed by atoms with Crippen molar-refractivity contribution in [3.63, 3.8) is 0 Å². The van der Waals surface area contributed by atoms with Gasteiger partial charge in [-0.2, -0.15) is 0 Å². The van der Waals surface area contributed by atoms with Gasteiger partial charge in [-0.1, -0.05) is 29.4 Å². The van der Waals surface area contributed by atoms with Gasteiger partial charge in [0, 0.05) is 35.9 Å². The molecule has 2 aromatic carbocycles. The minimum Gasteiger partial charge on any atom is -0.481 e. The predicted molar refractivity (Wildman–Crippen MR) is 119 cm³/mol. The van der Waals surface area contributed by atoms with E-state index in [1.807, 2.05) is 6.07 Å². The number of carbonyl (C=O) groups is 3. The van der Waals surface area contributed by atoms with Crippen LogP contribution in [0.1, 0.15) is 56.9 Å². The highest BCUT2D eigenvalue weighted by atomic mass is 16.4. The Labute approximate surface area is 189 Å². The number of fused-ring (bicyclic) bond motifs is 4. The van der Waals surface area contributed by atoms with E-state index in [9.17, 15) is 24.7 Å². The van der Waals surface area contributed by atoms with Gasteiger partial charge in [-0.25, -0.2) is 0 Å². The fourth-order valence-electron chi connectivity index (χ4n) is 4.77. The third-order valence-corrected chi connectivity index (χ3v) is 6.53. The quantitative estimate of drug-likeness (QED) is 0.246. The lowest BCUT2D eigenvalue weighted by atomic mass is 9.94. The Morgan fingerprint density at radius 1 is 1.09 bits per heavy atom. The first-order valence-corrected chi connectivity index (χ1v) is 10.9. The van der Waals surface area contributed by atoms with Crippen molar-refractivity contribution in [1.82, 2.24) is 4.90 Å². The van der Waals surface area contributed by atoms with E-state index < -0.39 is 23.7 Å². The minimum atomic E-state index is -1.09. The summed E-state index contributed by atoms with van der Waals surface area (Å²) >= 11 is 0. The summed E-state index contributed by atoms with van der Waals surface area (Å²) in [6.45, 7) is -0.0358. The summed E-state index contributed by atoms with van der Waals surface area (Å²) in [6.07, 6.45) is 2.93. The Kier molecular flexibility index (Phi) is 5.20. The molecule has 0 fully saturated rings. The average molecular weight is 446 g/mol. The van der Waals surface area contributed by atoms with Crippen molar-refractivity contribution < 1.29 is 29.1 Å². The molecule has 0 saturated heterocycles. The van der Waals surface area contributed by atoms with Gasteiger partial charge in [0.15, 0.2) is 0 Å². The molecule has 8 heteroatoms. The van der Waals surface area contributed by atoms with E-state index >= 15 is 0 Å². The number of carboxylic acids is 1. The van der Waals surface area contributed by atoms with E-state index in [1.54, 1.807) is 36.4 Å². The first-order valence-electron chi connectivity index (χ1n) is 10.9. The van der Waals surface area contributed by atoms with E-state index in [1.165, 1.54) is 5.56 Å². The van der Waals surface area contributed by atoms with Crippen LogP contribution in [-0.2, 0) is 17.6 Å². The fraction of sp³-hybridized carbons (Fsp3) is 0.280. The largest absolute Gasteiger partial charge is 0.481 e. The summed E-state index contributed by atoms with van der Waals surface area (Å²) in [5.74, 6) is -1.91. The van der Waals surface area contributed by atoms with Crippen LogP contribution in [0.5, 0.6) is 0 Å². The van der Waals surface area contributed by atoms with Gasteiger partial charge in [0.1, 0.15) is 11.3 Å². The lowest BCUT2D eigenvalue weighted by Gasteiger charge is -2.18. The van der Waals surface area contributed by atoms with Crippen molar-refractivity contribution in [2.24, 2.45) is 11.1 Å². The molecule has 168 valence electrons. The molecule has 0 spiro atoms. The van der Waals surface area contributed by atoms with E-state index in [2.05, 4.69) is 5.16 Å². The number of carbonyl (C=O) groups excluding carboxylic acids is 2. The maximum atomic E-state index is 12.6. The number of carboxylic acid groups (broad SMARTS) is 1. The van der Waals surface area contributed by atoms with Gasteiger partial charge in [0.05, 0.1) is 22.8 Å². The second-order valence-corrected chi connectivity index (χ2v) is 8.45. The summed E-state index contributed by atoms with van der Waals surface area (Å²) in [6, 6.07) is 12.0. The molecule has 3 aromatic rings. The first kappa shape index (κ1) is 20.9. The molecule has 2 N–H and O–H groups in total. The number of aryl methyl sites for hydroxylation is 2. The molecule has 0 saturated carbocycles. The van der Waals surface area contributed by atoms with Crippen molar-refractivity contribution in [3.8, 4) is 0 Å². The molecule has 0 unspecified atom stereocenters. The first-order chi connectivity index (χ1) is 16.0. The number of rotatable bonds is 7. The molecule has 8 nitrogen and oxygen atoms in total. The molecule has 2 heterocycles. The number of benzene rings is 2. The van der Waals surface area contributed by atoms with Crippen LogP contribution < -0.4 is 0 Å². The molecule has 0 bridgehead atoms. The van der Waals surface area contributed by atoms with E-state index in [0.717, 1.165) is 35.3 Å². The van der Waals surface area contributed by atoms with Crippen LogP contribution in [0.3, 0.4) is 0 Å². The highest BCUT2D eigenvalue weighted by Crippen LogP contribution is 2.33. The van der Waals surface area contributed by atoms with Gasteiger partial charge in [-0.15, -0.1) is 0 Å². The molecule has 2 amide bonds. The number of hydrogen-bond acceptors (Lipinski definition) is 6. The monoisotopic (exact) mass is 446 g/mol. The van der Waals surface area contributed by atoms with Gasteiger partial charge in [-0.3, -0.25) is 19.3 Å². The van der Waals surface area contributed by atoms with Gasteiger partial charge < -0.3 is 14.7 Å². The zero-order valence-corrected chi connectivity index (χ0v) is 17.8. The lowest BCUT2D eigenvalue weighted by molar-refractivity contribution is -0.141. The van der Waals surface area contributed by atoms with Crippen molar-refractivity contribution in [1.29, 1.82) is 0 Å². The second-order valence-electron chi connectivity index (χ2n) is 8.45. The Morgan fingerprint density at radius 2 is 1.82 bits per heavy atom. The molecular weight excluding hydrogens is 424 g/mol. The van der Waals surface area contributed by atoms with Crippen LogP contribution >= 0.6 is 0 Å². The lowest BCUT2D eigenvalue weighted by Crippen LogP contribution is -2.33. The van der Waals surface area contributed by atoms with Gasteiger partial charge >= 0.3 is 5.97 Å². The maximum absolute atomic E-state index is 12.6. The van der Waals surface area contributed by atoms with Crippen molar-refractivity contribution >= 4 is 34.5 Å². The highest BCUT2D eigenvalue weighted by Gasteiger charge is 2.36. The Bertz CT molecular complexity index is 1290. The molecule has 1 atom stereocenters. The van der Waals surface area contributed by atoms with Crippen LogP contribution in [0, 0.1) is 5.92 Å². The molecule has 5 rings (SSSR count). The number of nitrogens with zero attached hydrogens (tertiary/aromatic N) is 2. The summed E-state index contributed by atoms with van der Waals surface area (Å²) in [4.78, 5) is 38.1. The van der Waals surface area contributed by atoms with Crippen LogP contribution in [0.25, 0.3) is 11.0 Å². The number of imide groups is 1. The SMILES string of the molecule is O=C(O)[C@H](CCN1C(=O)c2ccccc2C1=O)CC(=NO)c1ccc2c3c(oc2c1)CCC3. The third kappa shape index (κ3) is 3.57. The summed E-state index contributed by atoms with van der Waals surface area (Å²) in [5, 5.41) is 23.8. The van der Waals surface area contributed by atoms with Crippen LogP contribution in [-0.4, -0.2) is 45.3 Å². The van der Waals surface area contributed by atoms with Gasteiger partial charge in [0.2, 0.25) is 0 Å². The van der Waals surface area contributed by atoms with E-state index in [-0.39, 0.29) is 25.1 Å². The summed E-state index contributed by atoms with van der Waals surface area (Å²) in [7, 11) is 0. The average Bonchev–Trinajstić information content (AvgIpc) is 3.47. The smallest absolute Gasteiger partial charge is 0.306 e. The van der Waals surface area contributed by atoms with E-state index in [4.69, 9.17) is 4.42 Å². The molecular formula is C25H22N2O6. The molecule has 33 heavy (non-hydrogen) atoms. The predicted octanol–water partition coefficient (Wildman–Crippen LogP) is 3.88. The van der Waals surface area contributed by atoms with Crippen LogP contribution in [0.2, 0.25) is 0 Å². The number of oxime groups is 1. The molecule has 1 aromatic heterocycles. The fourth-order valence-corrected chi connectivity index (χ4v) is 4.77. The number of hydrogen-bond donors (Lipinski definition) is 2. The van der Waals surface area contributed by atoms with Crippen molar-refractivity contribution in [3.05, 3.63) is 70.5 Å². The Balaban J connectivity index is 1.32. The zero-order chi connectivity index (χ0) is 23.1. The minimum absolute atomic E-state index is 0.0358. The van der Waals surface area contributed by atoms with Gasteiger partial charge in [-0.05, 0) is 37.5 Å². The highest BCUT2D eigenvalue weighted by molar-refractivity contribution is 6.21. The van der Waals surface area contributed by atoms with Crippen LogP contribution in [0.15, 0.2) is 52.0 Å². The second kappa shape index (κ2) is 8.20. The molecule has 0 radical (unpaired) electrons. The van der Waals surface area contributed by atoms with Crippen molar-refractivity contribution in [2.45, 2.75) is 32.1 Å². The standard InChI is InChI=1S/C25H22N2O6/c28-23-18-4-1-2-5-19(18)24(29)27(23)11-10-15(25(30)31)12-20(26-32)14-8-9-17-16-6-3-7-21(16)33-22(17)13-14/h1-2,4-5,8-9,13,15,32H,3,6-7,10-12H2,(H,30,31)/t15-/m1/s1. The third-order valence-electron chi connectivity index (χ3n) is 6.53. The van der Waals surface area contributed by atoms with Crippen LogP contribution in [0.4, 0.5) is 0 Å². The van der Waals surface area contributed by atoms with E-state index in [0.29, 0.717) is 22.3 Å². The number of aliphatic carboxylic acids is 1. The molecule has 1 aliphatic heterocycles. The maximum Gasteiger partial charge on any atom is 0.306 e. The summed E-state index contributed by atoms with van der Waals surface area (Å²) < 4.78 is 5.93. The normalized spacial score (nSPS) is 16.4. The number of furan rings is 1. The molecule has 2 aliphatic rings. The zero-order valence-electron chi connectivity index (χ0n) is 17.8. The van der Waals surface area contributed by atoms with Crippen molar-refractivity contribution in [2.75, 3.05) is 6.54 Å². The molecule has 1 aliphatic carbocycles. The summed E-state index contributed by atoms with van der Waals surface area (Å²) in [5.41, 5.74) is 3.34. The van der Waals surface area contributed by atoms with Gasteiger partial charge in [0.25, 0.3) is 11.8 Å². The Hall–Kier alpha value is -3.94. The Morgan fingerprint density at radius 3 is 2.48 bits per heavy atom. The number of amides is 2. The topological polar surface area (TPSA) is 120 Å².